The highest BCUT2D eigenvalue weighted by atomic mass is 35.5. The summed E-state index contributed by atoms with van der Waals surface area (Å²) in [6.45, 7) is 5.36. The van der Waals surface area contributed by atoms with Crippen LogP contribution >= 0.6 is 11.6 Å². The highest BCUT2D eigenvalue weighted by molar-refractivity contribution is 6.30. The number of carbonyl (C=O) groups is 1. The van der Waals surface area contributed by atoms with Crippen molar-refractivity contribution in [3.8, 4) is 11.4 Å². The number of aryl methyl sites for hydroxylation is 1. The van der Waals surface area contributed by atoms with E-state index in [4.69, 9.17) is 25.4 Å². The van der Waals surface area contributed by atoms with Gasteiger partial charge in [0.2, 0.25) is 5.82 Å². The molecule has 0 N–H and O–H groups in total. The molecule has 0 aliphatic heterocycles. The number of ether oxygens (including phenoxy) is 1. The quantitative estimate of drug-likeness (QED) is 0.630. The second-order valence-electron chi connectivity index (χ2n) is 5.76. The molecule has 25 heavy (non-hydrogen) atoms. The Labute approximate surface area is 148 Å². The van der Waals surface area contributed by atoms with Crippen LogP contribution in [-0.4, -0.2) is 21.3 Å². The smallest absolute Gasteiger partial charge is 0.344 e. The molecule has 0 fully saturated rings. The molecule has 7 nitrogen and oxygen atoms in total. The molecule has 8 heteroatoms. The molecule has 0 amide bonds. The van der Waals surface area contributed by atoms with E-state index >= 15 is 0 Å². The van der Waals surface area contributed by atoms with Gasteiger partial charge < -0.3 is 13.8 Å². The van der Waals surface area contributed by atoms with Gasteiger partial charge >= 0.3 is 5.97 Å². The molecule has 0 radical (unpaired) electrons. The SMILES string of the molecule is Cc1noc(C(C)C)c1C(=O)OCc1nc(-c2cccc(Cl)c2)no1. The summed E-state index contributed by atoms with van der Waals surface area (Å²) in [7, 11) is 0. The van der Waals surface area contributed by atoms with Crippen molar-refractivity contribution < 1.29 is 18.6 Å². The number of aromatic nitrogens is 3. The lowest BCUT2D eigenvalue weighted by Crippen LogP contribution is -2.09. The maximum Gasteiger partial charge on any atom is 0.344 e. The first kappa shape index (κ1) is 17.2. The lowest BCUT2D eigenvalue weighted by atomic mass is 10.1. The van der Waals surface area contributed by atoms with Gasteiger partial charge in [0, 0.05) is 16.5 Å². The van der Waals surface area contributed by atoms with Crippen LogP contribution in [0.4, 0.5) is 0 Å². The summed E-state index contributed by atoms with van der Waals surface area (Å²) in [6, 6.07) is 7.07. The summed E-state index contributed by atoms with van der Waals surface area (Å²) in [5, 5.41) is 8.26. The van der Waals surface area contributed by atoms with E-state index < -0.39 is 5.97 Å². The first-order chi connectivity index (χ1) is 12.0. The van der Waals surface area contributed by atoms with E-state index in [1.165, 1.54) is 0 Å². The number of hydrogen-bond donors (Lipinski definition) is 0. The summed E-state index contributed by atoms with van der Waals surface area (Å²) < 4.78 is 15.6. The average molecular weight is 362 g/mol. The van der Waals surface area contributed by atoms with Gasteiger partial charge in [-0.15, -0.1) is 0 Å². The topological polar surface area (TPSA) is 91.2 Å². The third-order valence-corrected chi connectivity index (χ3v) is 3.73. The Morgan fingerprint density at radius 3 is 2.80 bits per heavy atom. The van der Waals surface area contributed by atoms with Crippen molar-refractivity contribution in [2.75, 3.05) is 0 Å². The summed E-state index contributed by atoms with van der Waals surface area (Å²) >= 11 is 5.95. The van der Waals surface area contributed by atoms with Crippen LogP contribution in [0.3, 0.4) is 0 Å². The maximum absolute atomic E-state index is 12.3. The Morgan fingerprint density at radius 2 is 2.08 bits per heavy atom. The van der Waals surface area contributed by atoms with Crippen molar-refractivity contribution in [3.05, 3.63) is 52.2 Å². The number of benzene rings is 1. The zero-order valence-electron chi connectivity index (χ0n) is 13.9. The minimum absolute atomic E-state index is 0.0154. The van der Waals surface area contributed by atoms with E-state index in [0.29, 0.717) is 33.4 Å². The molecule has 130 valence electrons. The summed E-state index contributed by atoms with van der Waals surface area (Å²) in [6.07, 6.45) is 0. The Kier molecular flexibility index (Phi) is 4.85. The second-order valence-corrected chi connectivity index (χ2v) is 6.20. The van der Waals surface area contributed by atoms with Crippen LogP contribution in [0.15, 0.2) is 33.3 Å². The molecular weight excluding hydrogens is 346 g/mol. The molecule has 3 rings (SSSR count). The van der Waals surface area contributed by atoms with Gasteiger partial charge in [0.25, 0.3) is 5.89 Å². The zero-order valence-corrected chi connectivity index (χ0v) is 14.7. The van der Waals surface area contributed by atoms with E-state index in [1.54, 1.807) is 25.1 Å². The number of esters is 1. The summed E-state index contributed by atoms with van der Waals surface area (Å²) in [5.41, 5.74) is 1.54. The molecular formula is C17H16ClN3O4. The number of halogens is 1. The first-order valence-corrected chi connectivity index (χ1v) is 8.05. The van der Waals surface area contributed by atoms with E-state index in [1.807, 2.05) is 19.9 Å². The van der Waals surface area contributed by atoms with Gasteiger partial charge in [0.15, 0.2) is 12.4 Å². The van der Waals surface area contributed by atoms with Gasteiger partial charge in [-0.25, -0.2) is 4.79 Å². The van der Waals surface area contributed by atoms with E-state index in [-0.39, 0.29) is 18.4 Å². The van der Waals surface area contributed by atoms with Crippen molar-refractivity contribution in [1.82, 2.24) is 15.3 Å². The molecule has 2 heterocycles. The predicted molar refractivity (Wildman–Crippen MR) is 89.2 cm³/mol. The highest BCUT2D eigenvalue weighted by Crippen LogP contribution is 2.24. The lowest BCUT2D eigenvalue weighted by Gasteiger charge is -2.04. The van der Waals surface area contributed by atoms with Crippen molar-refractivity contribution >= 4 is 17.6 Å². The molecule has 2 aromatic heterocycles. The van der Waals surface area contributed by atoms with Gasteiger partial charge in [0.1, 0.15) is 5.56 Å². The summed E-state index contributed by atoms with van der Waals surface area (Å²) in [5.74, 6) is 0.528. The predicted octanol–water partition coefficient (Wildman–Crippen LogP) is 4.17. The van der Waals surface area contributed by atoms with Gasteiger partial charge in [-0.2, -0.15) is 4.98 Å². The largest absolute Gasteiger partial charge is 0.452 e. The molecule has 1 aromatic carbocycles. The molecule has 0 aliphatic rings. The molecule has 3 aromatic rings. The fourth-order valence-electron chi connectivity index (χ4n) is 2.29. The van der Waals surface area contributed by atoms with Crippen LogP contribution in [0.5, 0.6) is 0 Å². The fraction of sp³-hybridized carbons (Fsp3) is 0.294. The van der Waals surface area contributed by atoms with E-state index in [9.17, 15) is 4.79 Å². The Hall–Kier alpha value is -2.67. The Morgan fingerprint density at radius 1 is 1.28 bits per heavy atom. The number of carbonyl (C=O) groups excluding carboxylic acids is 1. The first-order valence-electron chi connectivity index (χ1n) is 7.67. The number of rotatable bonds is 5. The summed E-state index contributed by atoms with van der Waals surface area (Å²) in [4.78, 5) is 16.5. The molecule has 0 unspecified atom stereocenters. The third-order valence-electron chi connectivity index (χ3n) is 3.50. The Bertz CT molecular complexity index is 901. The van der Waals surface area contributed by atoms with Crippen LogP contribution in [0.1, 0.15) is 47.5 Å². The number of hydrogen-bond acceptors (Lipinski definition) is 7. The van der Waals surface area contributed by atoms with Crippen molar-refractivity contribution in [3.63, 3.8) is 0 Å². The standard InChI is InChI=1S/C17H16ClN3O4/c1-9(2)15-14(10(3)20-25-15)17(22)23-8-13-19-16(21-24-13)11-5-4-6-12(18)7-11/h4-7,9H,8H2,1-3H3. The fourth-order valence-corrected chi connectivity index (χ4v) is 2.48. The lowest BCUT2D eigenvalue weighted by molar-refractivity contribution is 0.0426. The minimum atomic E-state index is -0.537. The molecule has 0 aliphatic carbocycles. The van der Waals surface area contributed by atoms with Crippen LogP contribution in [0.25, 0.3) is 11.4 Å². The van der Waals surface area contributed by atoms with Crippen molar-refractivity contribution in [2.24, 2.45) is 0 Å². The van der Waals surface area contributed by atoms with E-state index in [2.05, 4.69) is 15.3 Å². The second kappa shape index (κ2) is 7.06. The van der Waals surface area contributed by atoms with Gasteiger partial charge in [0.05, 0.1) is 5.69 Å². The molecule has 0 spiro atoms. The van der Waals surface area contributed by atoms with Crippen LogP contribution in [0.2, 0.25) is 5.02 Å². The molecule has 0 saturated heterocycles. The average Bonchev–Trinajstić information content (AvgIpc) is 3.19. The van der Waals surface area contributed by atoms with Crippen molar-refractivity contribution in [2.45, 2.75) is 33.3 Å². The van der Waals surface area contributed by atoms with Crippen LogP contribution < -0.4 is 0 Å². The monoisotopic (exact) mass is 361 g/mol. The van der Waals surface area contributed by atoms with Gasteiger partial charge in [-0.3, -0.25) is 0 Å². The normalized spacial score (nSPS) is 11.1. The van der Waals surface area contributed by atoms with Crippen molar-refractivity contribution in [1.29, 1.82) is 0 Å². The van der Waals surface area contributed by atoms with Gasteiger partial charge in [-0.1, -0.05) is 47.9 Å². The highest BCUT2D eigenvalue weighted by Gasteiger charge is 2.24. The Balaban J connectivity index is 1.71. The maximum atomic E-state index is 12.3. The minimum Gasteiger partial charge on any atom is -0.452 e. The van der Waals surface area contributed by atoms with E-state index in [0.717, 1.165) is 0 Å². The molecule has 0 bridgehead atoms. The number of nitrogens with zero attached hydrogens (tertiary/aromatic N) is 3. The molecule has 0 atom stereocenters. The third kappa shape index (κ3) is 3.71. The van der Waals surface area contributed by atoms with Crippen LogP contribution in [-0.2, 0) is 11.3 Å². The van der Waals surface area contributed by atoms with Gasteiger partial charge in [-0.05, 0) is 19.1 Å². The zero-order chi connectivity index (χ0) is 18.0. The van der Waals surface area contributed by atoms with Crippen LogP contribution in [0, 0.1) is 6.92 Å². The molecule has 0 saturated carbocycles.